The predicted molar refractivity (Wildman–Crippen MR) is 80.8 cm³/mol. The molecular weight excluding hydrogens is 260 g/mol. The van der Waals surface area contributed by atoms with Crippen molar-refractivity contribution in [3.63, 3.8) is 0 Å². The van der Waals surface area contributed by atoms with E-state index in [0.29, 0.717) is 5.56 Å². The number of hydrogen-bond donors (Lipinski definition) is 0. The molecule has 0 amide bonds. The number of benzene rings is 1. The highest BCUT2D eigenvalue weighted by atomic mass is 16.1. The lowest BCUT2D eigenvalue weighted by Crippen LogP contribution is -2.32. The highest BCUT2D eigenvalue weighted by Gasteiger charge is 2.04. The minimum absolute atomic E-state index is 0.705. The molecule has 0 atom stereocenters. The van der Waals surface area contributed by atoms with Crippen molar-refractivity contribution in [2.45, 2.75) is 6.54 Å². The average molecular weight is 275 g/mol. The lowest BCUT2D eigenvalue weighted by molar-refractivity contribution is -0.688. The molecule has 2 aromatic heterocycles. The summed E-state index contributed by atoms with van der Waals surface area (Å²) < 4.78 is 2.11. The summed E-state index contributed by atoms with van der Waals surface area (Å²) in [5.41, 5.74) is 4.21. The van der Waals surface area contributed by atoms with E-state index in [1.807, 2.05) is 36.4 Å². The Morgan fingerprint density at radius 2 is 1.48 bits per heavy atom. The lowest BCUT2D eigenvalue weighted by Gasteiger charge is -2.01. The molecular formula is C18H15N2O+. The Morgan fingerprint density at radius 1 is 0.857 bits per heavy atom. The number of nitrogens with zero attached hydrogens (tertiary/aromatic N) is 2. The van der Waals surface area contributed by atoms with Gasteiger partial charge in [0.2, 0.25) is 0 Å². The fourth-order valence-corrected chi connectivity index (χ4v) is 2.21. The molecule has 3 nitrogen and oxygen atoms in total. The molecule has 2 heterocycles. The molecule has 0 spiro atoms. The topological polar surface area (TPSA) is 33.8 Å². The number of carbonyl (C=O) groups is 1. The van der Waals surface area contributed by atoms with Crippen molar-refractivity contribution < 1.29 is 9.36 Å². The van der Waals surface area contributed by atoms with Gasteiger partial charge in [-0.25, -0.2) is 4.57 Å². The van der Waals surface area contributed by atoms with Crippen LogP contribution in [0.4, 0.5) is 0 Å². The maximum atomic E-state index is 10.6. The van der Waals surface area contributed by atoms with Crippen LogP contribution in [0.1, 0.15) is 15.9 Å². The summed E-state index contributed by atoms with van der Waals surface area (Å²) >= 11 is 0. The summed E-state index contributed by atoms with van der Waals surface area (Å²) in [6, 6.07) is 15.8. The summed E-state index contributed by atoms with van der Waals surface area (Å²) in [7, 11) is 0. The number of carbonyl (C=O) groups excluding carboxylic acids is 1. The minimum Gasteiger partial charge on any atom is -0.298 e. The van der Waals surface area contributed by atoms with Crippen molar-refractivity contribution >= 4 is 6.29 Å². The van der Waals surface area contributed by atoms with E-state index in [1.54, 1.807) is 12.4 Å². The quantitative estimate of drug-likeness (QED) is 0.542. The molecule has 0 aliphatic rings. The molecule has 102 valence electrons. The molecule has 3 aromatic rings. The molecule has 21 heavy (non-hydrogen) atoms. The third-order valence-electron chi connectivity index (χ3n) is 3.39. The Bertz CT molecular complexity index is 719. The summed E-state index contributed by atoms with van der Waals surface area (Å²) in [6.45, 7) is 0.787. The van der Waals surface area contributed by atoms with Crippen LogP contribution in [0.3, 0.4) is 0 Å². The molecule has 0 saturated heterocycles. The number of aldehydes is 1. The first-order valence-corrected chi connectivity index (χ1v) is 6.79. The highest BCUT2D eigenvalue weighted by Crippen LogP contribution is 2.15. The zero-order valence-corrected chi connectivity index (χ0v) is 11.5. The van der Waals surface area contributed by atoms with Crippen molar-refractivity contribution in [2.75, 3.05) is 0 Å². The van der Waals surface area contributed by atoms with E-state index in [-0.39, 0.29) is 0 Å². The van der Waals surface area contributed by atoms with Gasteiger partial charge in [-0.05, 0) is 23.3 Å². The summed E-state index contributed by atoms with van der Waals surface area (Å²) in [6.07, 6.45) is 8.57. The standard InChI is InChI=1S/C18H15N2O/c21-14-16-3-1-15(2-4-16)13-20-11-7-18(8-12-20)17-5-9-19-10-6-17/h1-12,14H,13H2/q+1. The van der Waals surface area contributed by atoms with E-state index < -0.39 is 0 Å². The first-order valence-electron chi connectivity index (χ1n) is 6.79. The Kier molecular flexibility index (Phi) is 3.83. The van der Waals surface area contributed by atoms with E-state index in [0.717, 1.165) is 18.4 Å². The molecule has 0 saturated carbocycles. The smallest absolute Gasteiger partial charge is 0.173 e. The summed E-state index contributed by atoms with van der Waals surface area (Å²) in [5, 5.41) is 0. The van der Waals surface area contributed by atoms with Gasteiger partial charge in [-0.2, -0.15) is 0 Å². The molecule has 0 radical (unpaired) electrons. The predicted octanol–water partition coefficient (Wildman–Crippen LogP) is 2.90. The zero-order chi connectivity index (χ0) is 14.5. The Balaban J connectivity index is 1.76. The normalized spacial score (nSPS) is 10.3. The van der Waals surface area contributed by atoms with E-state index in [2.05, 4.69) is 34.1 Å². The first-order chi connectivity index (χ1) is 10.3. The Hall–Kier alpha value is -2.81. The molecule has 1 aromatic carbocycles. The van der Waals surface area contributed by atoms with Gasteiger partial charge in [0.1, 0.15) is 6.29 Å². The third-order valence-corrected chi connectivity index (χ3v) is 3.39. The van der Waals surface area contributed by atoms with Crippen LogP contribution in [0.15, 0.2) is 73.3 Å². The largest absolute Gasteiger partial charge is 0.298 e. The van der Waals surface area contributed by atoms with Crippen LogP contribution in [0.5, 0.6) is 0 Å². The van der Waals surface area contributed by atoms with Gasteiger partial charge in [0.15, 0.2) is 18.9 Å². The lowest BCUT2D eigenvalue weighted by atomic mass is 10.1. The van der Waals surface area contributed by atoms with Gasteiger partial charge < -0.3 is 0 Å². The van der Waals surface area contributed by atoms with Crippen LogP contribution < -0.4 is 4.57 Å². The molecule has 3 heteroatoms. The van der Waals surface area contributed by atoms with Gasteiger partial charge in [-0.1, -0.05) is 24.3 Å². The van der Waals surface area contributed by atoms with Crippen molar-refractivity contribution in [1.82, 2.24) is 4.98 Å². The molecule has 0 bridgehead atoms. The fourth-order valence-electron chi connectivity index (χ4n) is 2.21. The van der Waals surface area contributed by atoms with E-state index in [1.165, 1.54) is 11.1 Å². The molecule has 0 aliphatic carbocycles. The van der Waals surface area contributed by atoms with E-state index in [4.69, 9.17) is 0 Å². The van der Waals surface area contributed by atoms with Crippen molar-refractivity contribution in [1.29, 1.82) is 0 Å². The van der Waals surface area contributed by atoms with Gasteiger partial charge in [0.25, 0.3) is 0 Å². The molecule has 0 N–H and O–H groups in total. The monoisotopic (exact) mass is 275 g/mol. The SMILES string of the molecule is O=Cc1ccc(C[n+]2ccc(-c3ccncc3)cc2)cc1. The van der Waals surface area contributed by atoms with Crippen LogP contribution in [-0.2, 0) is 6.54 Å². The fraction of sp³-hybridized carbons (Fsp3) is 0.0556. The zero-order valence-electron chi connectivity index (χ0n) is 11.5. The summed E-state index contributed by atoms with van der Waals surface area (Å²) in [5.74, 6) is 0. The molecule has 3 rings (SSSR count). The highest BCUT2D eigenvalue weighted by molar-refractivity contribution is 5.74. The molecule has 0 aliphatic heterocycles. The second kappa shape index (κ2) is 6.09. The van der Waals surface area contributed by atoms with Gasteiger partial charge in [-0.3, -0.25) is 9.78 Å². The average Bonchev–Trinajstić information content (AvgIpc) is 2.57. The van der Waals surface area contributed by atoms with Gasteiger partial charge in [-0.15, -0.1) is 0 Å². The second-order valence-corrected chi connectivity index (χ2v) is 4.85. The molecule has 0 fully saturated rings. The first kappa shape index (κ1) is 13.2. The van der Waals surface area contributed by atoms with Gasteiger partial charge in [0.05, 0.1) is 0 Å². The molecule has 0 unspecified atom stereocenters. The number of hydrogen-bond acceptors (Lipinski definition) is 2. The maximum absolute atomic E-state index is 10.6. The van der Waals surface area contributed by atoms with Crippen molar-refractivity contribution in [3.8, 4) is 11.1 Å². The Morgan fingerprint density at radius 3 is 2.10 bits per heavy atom. The van der Waals surface area contributed by atoms with Crippen LogP contribution in [0.2, 0.25) is 0 Å². The van der Waals surface area contributed by atoms with Crippen LogP contribution in [0, 0.1) is 0 Å². The number of pyridine rings is 2. The van der Waals surface area contributed by atoms with Crippen molar-refractivity contribution in [3.05, 3.63) is 84.4 Å². The third kappa shape index (κ3) is 3.20. The summed E-state index contributed by atoms with van der Waals surface area (Å²) in [4.78, 5) is 14.7. The van der Waals surface area contributed by atoms with Crippen LogP contribution in [-0.4, -0.2) is 11.3 Å². The number of rotatable bonds is 4. The van der Waals surface area contributed by atoms with E-state index in [9.17, 15) is 4.79 Å². The van der Waals surface area contributed by atoms with Crippen LogP contribution >= 0.6 is 0 Å². The second-order valence-electron chi connectivity index (χ2n) is 4.85. The van der Waals surface area contributed by atoms with E-state index >= 15 is 0 Å². The minimum atomic E-state index is 0.705. The maximum Gasteiger partial charge on any atom is 0.173 e. The van der Waals surface area contributed by atoms with Gasteiger partial charge in [0, 0.05) is 35.7 Å². The Labute approximate surface area is 123 Å². The van der Waals surface area contributed by atoms with Crippen LogP contribution in [0.25, 0.3) is 11.1 Å². The van der Waals surface area contributed by atoms with Crippen molar-refractivity contribution in [2.24, 2.45) is 0 Å². The van der Waals surface area contributed by atoms with Gasteiger partial charge >= 0.3 is 0 Å². The number of aromatic nitrogens is 2.